The highest BCUT2D eigenvalue weighted by molar-refractivity contribution is 5.95. The molecule has 0 spiro atoms. The number of hydrogen-bond donors (Lipinski definition) is 0. The number of nitrogens with zero attached hydrogens (tertiary/aromatic N) is 1. The van der Waals surface area contributed by atoms with Gasteiger partial charge in [0.15, 0.2) is 0 Å². The van der Waals surface area contributed by atoms with Gasteiger partial charge >= 0.3 is 12.4 Å². The number of carbonyl (C=O) groups excluding carboxylic acids is 2. The van der Waals surface area contributed by atoms with Gasteiger partial charge < -0.3 is 9.47 Å². The second-order valence-corrected chi connectivity index (χ2v) is 3.83. The summed E-state index contributed by atoms with van der Waals surface area (Å²) in [6.45, 7) is 1.16. The Bertz CT molecular complexity index is 683. The van der Waals surface area contributed by atoms with E-state index in [1.54, 1.807) is 30.3 Å². The van der Waals surface area contributed by atoms with Crippen molar-refractivity contribution in [2.75, 3.05) is 0 Å². The Hall–Kier alpha value is -3.22. The molecule has 7 heteroatoms. The molecule has 0 aliphatic heterocycles. The molecule has 0 aromatic heterocycles. The Morgan fingerprint density at radius 3 is 2.48 bits per heavy atom. The summed E-state index contributed by atoms with van der Waals surface area (Å²) in [5.41, 5.74) is -0.565. The monoisotopic (exact) mass is 286 g/mol. The third-order valence-electron chi connectivity index (χ3n) is 2.50. The largest absolute Gasteiger partial charge is 0.423 e. The highest BCUT2D eigenvalue weighted by Crippen LogP contribution is 2.25. The number of nitro benzene ring substituents is 1. The van der Waals surface area contributed by atoms with E-state index in [1.165, 1.54) is 0 Å². The van der Waals surface area contributed by atoms with Crippen LogP contribution in [0.3, 0.4) is 0 Å². The zero-order chi connectivity index (χ0) is 15.2. The maximum Gasteiger partial charge on any atom is 0.423 e. The number of esters is 1. The van der Waals surface area contributed by atoms with E-state index < -0.39 is 10.9 Å². The van der Waals surface area contributed by atoms with E-state index in [2.05, 4.69) is 4.74 Å². The van der Waals surface area contributed by atoms with Crippen LogP contribution in [0, 0.1) is 10.1 Å². The van der Waals surface area contributed by atoms with Crippen molar-refractivity contribution >= 4 is 18.1 Å². The van der Waals surface area contributed by atoms with E-state index in [0.717, 1.165) is 24.7 Å². The van der Waals surface area contributed by atoms with Crippen LogP contribution in [0.25, 0.3) is 0 Å². The van der Waals surface area contributed by atoms with E-state index in [-0.39, 0.29) is 22.7 Å². The zero-order valence-corrected chi connectivity index (χ0v) is 10.5. The summed E-state index contributed by atoms with van der Waals surface area (Å²) in [6, 6.07) is 11.3. The molecule has 2 aromatic carbocycles. The van der Waals surface area contributed by atoms with Crippen LogP contribution in [0.2, 0.25) is 0 Å². The Morgan fingerprint density at radius 2 is 1.86 bits per heavy atom. The van der Waals surface area contributed by atoms with Crippen molar-refractivity contribution in [1.29, 1.82) is 0 Å². The van der Waals surface area contributed by atoms with E-state index in [9.17, 15) is 19.7 Å². The van der Waals surface area contributed by atoms with Gasteiger partial charge in [-0.05, 0) is 18.2 Å². The highest BCUT2D eigenvalue weighted by atomic mass is 16.6. The number of nitro groups is 1. The summed E-state index contributed by atoms with van der Waals surface area (Å²) >= 11 is 0. The van der Waals surface area contributed by atoms with Gasteiger partial charge in [-0.3, -0.25) is 10.1 Å². The Morgan fingerprint density at radius 1 is 1.14 bits per heavy atom. The molecule has 0 fully saturated rings. The fraction of sp³-hybridized carbons (Fsp3) is 0. The van der Waals surface area contributed by atoms with Crippen molar-refractivity contribution in [3.63, 3.8) is 0 Å². The summed E-state index contributed by atoms with van der Waals surface area (Å²) in [7, 11) is 0. The number of para-hydroxylation sites is 1. The normalized spacial score (nSPS) is 9.71. The minimum absolute atomic E-state index is 0.170. The van der Waals surface area contributed by atoms with Crippen molar-refractivity contribution in [1.82, 2.24) is 0 Å². The average molecular weight is 286 g/mol. The van der Waals surface area contributed by atoms with E-state index in [4.69, 9.17) is 4.74 Å². The van der Waals surface area contributed by atoms with Gasteiger partial charge in [-0.15, -0.1) is 0 Å². The van der Waals surface area contributed by atoms with Gasteiger partial charge in [-0.1, -0.05) is 18.2 Å². The van der Waals surface area contributed by atoms with Crippen LogP contribution < -0.4 is 9.47 Å². The molecule has 0 aliphatic rings. The number of non-ortho nitro benzene ring substituents is 1. The lowest BCUT2D eigenvalue weighted by molar-refractivity contribution is -0.384. The summed E-state index contributed by atoms with van der Waals surface area (Å²) in [5.74, 6) is -0.790. The number of carbonyl (C=O) groups is 1. The second kappa shape index (κ2) is 6.29. The van der Waals surface area contributed by atoms with Crippen LogP contribution in [0.4, 0.5) is 5.69 Å². The summed E-state index contributed by atoms with van der Waals surface area (Å²) in [5, 5.41) is 10.7. The van der Waals surface area contributed by atoms with Crippen molar-refractivity contribution in [2.45, 2.75) is 0 Å². The molecule has 21 heavy (non-hydrogen) atoms. The van der Waals surface area contributed by atoms with Gasteiger partial charge in [0.1, 0.15) is 17.1 Å². The third-order valence-corrected chi connectivity index (χ3v) is 2.50. The minimum Gasteiger partial charge on any atom is -0.423 e. The summed E-state index contributed by atoms with van der Waals surface area (Å²) < 4.78 is 9.55. The lowest BCUT2D eigenvalue weighted by Crippen LogP contribution is -2.11. The molecular formula is C14H8NO6. The summed E-state index contributed by atoms with van der Waals surface area (Å²) in [4.78, 5) is 32.4. The fourth-order valence-corrected chi connectivity index (χ4v) is 1.58. The highest BCUT2D eigenvalue weighted by Gasteiger charge is 2.20. The molecule has 2 rings (SSSR count). The molecule has 2 aromatic rings. The van der Waals surface area contributed by atoms with Crippen molar-refractivity contribution in [3.8, 4) is 11.5 Å². The summed E-state index contributed by atoms with van der Waals surface area (Å²) in [6.07, 6.45) is 0. The van der Waals surface area contributed by atoms with Gasteiger partial charge in [-0.2, -0.15) is 0 Å². The van der Waals surface area contributed by atoms with Crippen LogP contribution in [-0.2, 0) is 4.79 Å². The first-order valence-electron chi connectivity index (χ1n) is 5.71. The molecule has 0 N–H and O–H groups in total. The van der Waals surface area contributed by atoms with Crippen molar-refractivity contribution in [3.05, 3.63) is 64.2 Å². The second-order valence-electron chi connectivity index (χ2n) is 3.83. The van der Waals surface area contributed by atoms with E-state index in [1.807, 2.05) is 0 Å². The molecule has 0 atom stereocenters. The number of ether oxygens (including phenoxy) is 2. The van der Waals surface area contributed by atoms with Crippen molar-refractivity contribution < 1.29 is 24.0 Å². The Kier molecular flexibility index (Phi) is 4.25. The van der Waals surface area contributed by atoms with Gasteiger partial charge in [0.05, 0.1) is 4.92 Å². The van der Waals surface area contributed by atoms with Gasteiger partial charge in [0.2, 0.25) is 0 Å². The first-order chi connectivity index (χ1) is 10.1. The molecule has 105 valence electrons. The number of benzene rings is 2. The Balaban J connectivity index is 2.35. The number of rotatable bonds is 5. The minimum atomic E-state index is -0.879. The van der Waals surface area contributed by atoms with Gasteiger partial charge in [0.25, 0.3) is 5.69 Å². The molecular weight excluding hydrogens is 278 g/mol. The van der Waals surface area contributed by atoms with Gasteiger partial charge in [-0.25, -0.2) is 9.59 Å². The average Bonchev–Trinajstić information content (AvgIpc) is 2.48. The maximum atomic E-state index is 12.0. The molecule has 0 unspecified atom stereocenters. The van der Waals surface area contributed by atoms with E-state index >= 15 is 0 Å². The van der Waals surface area contributed by atoms with Crippen LogP contribution in [-0.4, -0.2) is 17.4 Å². The van der Waals surface area contributed by atoms with E-state index in [0.29, 0.717) is 0 Å². The standard InChI is InChI=1S/C14H8NO6/c16-9-20-13-7-6-10(15(18)19)8-12(13)14(17)21-11-4-2-1-3-5-11/h1-8H. The first kappa shape index (κ1) is 14.2. The smallest absolute Gasteiger partial charge is 0.423 e. The van der Waals surface area contributed by atoms with Crippen LogP contribution in [0.1, 0.15) is 10.4 Å². The quantitative estimate of drug-likeness (QED) is 0.362. The van der Waals surface area contributed by atoms with Crippen LogP contribution >= 0.6 is 0 Å². The lowest BCUT2D eigenvalue weighted by Gasteiger charge is -2.07. The molecule has 0 saturated carbocycles. The lowest BCUT2D eigenvalue weighted by atomic mass is 10.2. The fourth-order valence-electron chi connectivity index (χ4n) is 1.58. The van der Waals surface area contributed by atoms with Gasteiger partial charge in [0, 0.05) is 12.1 Å². The topological polar surface area (TPSA) is 95.7 Å². The molecule has 0 bridgehead atoms. The zero-order valence-electron chi connectivity index (χ0n) is 10.5. The molecule has 0 heterocycles. The maximum absolute atomic E-state index is 12.0. The predicted octanol–water partition coefficient (Wildman–Crippen LogP) is 2.26. The molecule has 0 saturated heterocycles. The van der Waals surface area contributed by atoms with Crippen LogP contribution in [0.15, 0.2) is 48.5 Å². The molecule has 1 radical (unpaired) electrons. The third kappa shape index (κ3) is 3.41. The SMILES string of the molecule is O=[C]Oc1ccc([N+](=O)[O-])cc1C(=O)Oc1ccccc1. The first-order valence-corrected chi connectivity index (χ1v) is 5.71. The molecule has 0 aliphatic carbocycles. The van der Waals surface area contributed by atoms with Crippen molar-refractivity contribution in [2.24, 2.45) is 0 Å². The Labute approximate surface area is 118 Å². The predicted molar refractivity (Wildman–Crippen MR) is 70.8 cm³/mol. The van der Waals surface area contributed by atoms with Crippen LogP contribution in [0.5, 0.6) is 11.5 Å². The number of hydrogen-bond acceptors (Lipinski definition) is 6. The molecule has 7 nitrogen and oxygen atoms in total. The molecule has 0 amide bonds.